The van der Waals surface area contributed by atoms with Gasteiger partial charge in [0.05, 0.1) is 9.48 Å². The van der Waals surface area contributed by atoms with E-state index in [2.05, 4.69) is 30.8 Å². The predicted octanol–water partition coefficient (Wildman–Crippen LogP) is 2.21. The van der Waals surface area contributed by atoms with E-state index in [9.17, 15) is 8.42 Å². The number of aromatic amines is 1. The summed E-state index contributed by atoms with van der Waals surface area (Å²) in [5.41, 5.74) is 0.705. The number of hydrogen-bond acceptors (Lipinski definition) is 5. The maximum Gasteiger partial charge on any atom is 0.272 e. The van der Waals surface area contributed by atoms with Crippen LogP contribution in [0.1, 0.15) is 11.3 Å². The summed E-state index contributed by atoms with van der Waals surface area (Å²) in [6.45, 7) is 1.64. The molecule has 0 aromatic carbocycles. The molecule has 6 nitrogen and oxygen atoms in total. The zero-order chi connectivity index (χ0) is 13.3. The molecule has 0 radical (unpaired) electrons. The predicted molar refractivity (Wildman–Crippen MR) is 70.9 cm³/mol. The number of sulfonamides is 1. The van der Waals surface area contributed by atoms with E-state index in [0.29, 0.717) is 9.48 Å². The van der Waals surface area contributed by atoms with Crippen LogP contribution >= 0.6 is 27.3 Å². The standard InChI is InChI=1S/C9H7BrN4O2S2/c1-5-6(4-11)9(13-12-5)14-18(15,16)8-3-2-7(10)17-8/h2-3H,1H3,(H2,12,13,14). The van der Waals surface area contributed by atoms with Gasteiger partial charge in [-0.2, -0.15) is 10.4 Å². The van der Waals surface area contributed by atoms with Crippen molar-refractivity contribution in [3.05, 3.63) is 27.2 Å². The van der Waals surface area contributed by atoms with Crippen LogP contribution in [0.2, 0.25) is 0 Å². The van der Waals surface area contributed by atoms with Crippen LogP contribution in [0.3, 0.4) is 0 Å². The Kier molecular flexibility index (Phi) is 3.43. The molecule has 0 saturated heterocycles. The Balaban J connectivity index is 2.37. The Bertz CT molecular complexity index is 726. The summed E-state index contributed by atoms with van der Waals surface area (Å²) in [5.74, 6) is 0.0134. The first kappa shape index (κ1) is 13.1. The van der Waals surface area contributed by atoms with E-state index in [1.54, 1.807) is 13.0 Å². The fourth-order valence-electron chi connectivity index (χ4n) is 1.26. The summed E-state index contributed by atoms with van der Waals surface area (Å²) in [4.78, 5) is 0. The normalized spacial score (nSPS) is 11.2. The molecule has 2 aromatic rings. The van der Waals surface area contributed by atoms with Gasteiger partial charge in [0.2, 0.25) is 0 Å². The van der Waals surface area contributed by atoms with Gasteiger partial charge in [0, 0.05) is 0 Å². The molecule has 0 fully saturated rings. The molecule has 0 atom stereocenters. The van der Waals surface area contributed by atoms with Crippen molar-refractivity contribution in [2.45, 2.75) is 11.1 Å². The summed E-state index contributed by atoms with van der Waals surface area (Å²) in [6.07, 6.45) is 0. The molecule has 18 heavy (non-hydrogen) atoms. The van der Waals surface area contributed by atoms with Gasteiger partial charge in [-0.25, -0.2) is 8.42 Å². The topological polar surface area (TPSA) is 98.6 Å². The van der Waals surface area contributed by atoms with Crippen LogP contribution in [-0.2, 0) is 10.0 Å². The van der Waals surface area contributed by atoms with Gasteiger partial charge >= 0.3 is 0 Å². The first-order valence-electron chi connectivity index (χ1n) is 4.67. The number of aromatic nitrogens is 2. The molecule has 94 valence electrons. The highest BCUT2D eigenvalue weighted by molar-refractivity contribution is 9.11. The minimum absolute atomic E-state index is 0.0134. The summed E-state index contributed by atoms with van der Waals surface area (Å²) in [5, 5.41) is 15.2. The van der Waals surface area contributed by atoms with Crippen LogP contribution in [0.5, 0.6) is 0 Å². The van der Waals surface area contributed by atoms with Crippen LogP contribution in [0.4, 0.5) is 5.82 Å². The highest BCUT2D eigenvalue weighted by Crippen LogP contribution is 2.28. The van der Waals surface area contributed by atoms with Gasteiger partial charge in [-0.3, -0.25) is 9.82 Å². The van der Waals surface area contributed by atoms with Gasteiger partial charge in [0.25, 0.3) is 10.0 Å². The number of H-pyrrole nitrogens is 1. The van der Waals surface area contributed by atoms with Gasteiger partial charge in [-0.1, -0.05) is 0 Å². The van der Waals surface area contributed by atoms with Crippen molar-refractivity contribution in [1.82, 2.24) is 10.2 Å². The molecule has 2 heterocycles. The number of nitriles is 1. The number of anilines is 1. The molecular weight excluding hydrogens is 340 g/mol. The average molecular weight is 347 g/mol. The van der Waals surface area contributed by atoms with Crippen LogP contribution in [0.15, 0.2) is 20.1 Å². The summed E-state index contributed by atoms with van der Waals surface area (Å²) in [7, 11) is -3.71. The lowest BCUT2D eigenvalue weighted by atomic mass is 10.3. The van der Waals surface area contributed by atoms with E-state index in [1.807, 2.05) is 6.07 Å². The fraction of sp³-hybridized carbons (Fsp3) is 0.111. The van der Waals surface area contributed by atoms with Crippen molar-refractivity contribution < 1.29 is 8.42 Å². The number of rotatable bonds is 3. The van der Waals surface area contributed by atoms with E-state index in [0.717, 1.165) is 11.3 Å². The molecule has 2 aromatic heterocycles. The van der Waals surface area contributed by atoms with E-state index in [1.165, 1.54) is 6.07 Å². The van der Waals surface area contributed by atoms with E-state index >= 15 is 0 Å². The first-order chi connectivity index (χ1) is 8.44. The van der Waals surface area contributed by atoms with Gasteiger partial charge < -0.3 is 0 Å². The SMILES string of the molecule is Cc1[nH]nc(NS(=O)(=O)c2ccc(Br)s2)c1C#N. The number of thiophene rings is 1. The zero-order valence-corrected chi connectivity index (χ0v) is 12.3. The van der Waals surface area contributed by atoms with Crippen LogP contribution in [0.25, 0.3) is 0 Å². The van der Waals surface area contributed by atoms with Crippen molar-refractivity contribution in [1.29, 1.82) is 5.26 Å². The largest absolute Gasteiger partial charge is 0.279 e. The van der Waals surface area contributed by atoms with Crippen molar-refractivity contribution >= 4 is 43.1 Å². The maximum absolute atomic E-state index is 12.0. The Labute approximate surface area is 116 Å². The molecule has 2 rings (SSSR count). The average Bonchev–Trinajstić information content (AvgIpc) is 2.86. The Morgan fingerprint density at radius 1 is 1.56 bits per heavy atom. The third-order valence-corrected chi connectivity index (χ3v) is 5.56. The number of hydrogen-bond donors (Lipinski definition) is 2. The second-order valence-corrected chi connectivity index (χ2v) is 7.72. The number of nitrogens with zero attached hydrogens (tertiary/aromatic N) is 2. The van der Waals surface area contributed by atoms with Gasteiger partial charge in [0.15, 0.2) is 5.82 Å². The molecule has 9 heteroatoms. The lowest BCUT2D eigenvalue weighted by Crippen LogP contribution is -2.12. The molecule has 0 bridgehead atoms. The third-order valence-electron chi connectivity index (χ3n) is 2.10. The molecule has 0 spiro atoms. The molecule has 2 N–H and O–H groups in total. The summed E-state index contributed by atoms with van der Waals surface area (Å²) >= 11 is 4.27. The Hall–Kier alpha value is -1.37. The summed E-state index contributed by atoms with van der Waals surface area (Å²) in [6, 6.07) is 5.01. The smallest absolute Gasteiger partial charge is 0.272 e. The second-order valence-electron chi connectivity index (χ2n) is 3.35. The minimum Gasteiger partial charge on any atom is -0.279 e. The van der Waals surface area contributed by atoms with Crippen molar-refractivity contribution in [2.24, 2.45) is 0 Å². The van der Waals surface area contributed by atoms with Gasteiger partial charge in [-0.15, -0.1) is 11.3 Å². The highest BCUT2D eigenvalue weighted by atomic mass is 79.9. The molecule has 0 aliphatic rings. The Morgan fingerprint density at radius 2 is 2.28 bits per heavy atom. The minimum atomic E-state index is -3.71. The van der Waals surface area contributed by atoms with Gasteiger partial charge in [-0.05, 0) is 35.0 Å². The van der Waals surface area contributed by atoms with Crippen molar-refractivity contribution in [3.8, 4) is 6.07 Å². The first-order valence-corrected chi connectivity index (χ1v) is 7.76. The second kappa shape index (κ2) is 4.72. The van der Waals surface area contributed by atoms with E-state index in [-0.39, 0.29) is 15.6 Å². The molecule has 0 amide bonds. The molecule has 0 aliphatic carbocycles. The molecular formula is C9H7BrN4O2S2. The lowest BCUT2D eigenvalue weighted by Gasteiger charge is -2.02. The van der Waals surface area contributed by atoms with E-state index < -0.39 is 10.0 Å². The third kappa shape index (κ3) is 2.40. The van der Waals surface area contributed by atoms with Crippen molar-refractivity contribution in [2.75, 3.05) is 4.72 Å². The maximum atomic E-state index is 12.0. The molecule has 0 saturated carbocycles. The van der Waals surface area contributed by atoms with Crippen LogP contribution in [0, 0.1) is 18.3 Å². The highest BCUT2D eigenvalue weighted by Gasteiger charge is 2.20. The quantitative estimate of drug-likeness (QED) is 0.889. The summed E-state index contributed by atoms with van der Waals surface area (Å²) < 4.78 is 27.2. The number of nitrogens with one attached hydrogen (secondary N) is 2. The number of aryl methyl sites for hydroxylation is 1. The zero-order valence-electron chi connectivity index (χ0n) is 9.06. The molecule has 0 unspecified atom stereocenters. The lowest BCUT2D eigenvalue weighted by molar-refractivity contribution is 0.603. The number of halogens is 1. The van der Waals surface area contributed by atoms with Crippen molar-refractivity contribution in [3.63, 3.8) is 0 Å². The molecule has 0 aliphatic heterocycles. The van der Waals surface area contributed by atoms with Crippen LogP contribution in [-0.4, -0.2) is 18.6 Å². The van der Waals surface area contributed by atoms with Gasteiger partial charge in [0.1, 0.15) is 15.8 Å². The Morgan fingerprint density at radius 3 is 2.83 bits per heavy atom. The van der Waals surface area contributed by atoms with Crippen LogP contribution < -0.4 is 4.72 Å². The van der Waals surface area contributed by atoms with E-state index in [4.69, 9.17) is 5.26 Å². The monoisotopic (exact) mass is 346 g/mol. The fourth-order valence-corrected chi connectivity index (χ4v) is 4.28.